The number of hydrogen-bond donors (Lipinski definition) is 0. The van der Waals surface area contributed by atoms with Gasteiger partial charge in [-0.25, -0.2) is 9.97 Å². The van der Waals surface area contributed by atoms with Crippen LogP contribution in [0.25, 0.3) is 89.7 Å². The van der Waals surface area contributed by atoms with E-state index in [9.17, 15) is 0 Å². The molecule has 0 N–H and O–H groups in total. The van der Waals surface area contributed by atoms with E-state index in [-0.39, 0.29) is 62.4 Å². The van der Waals surface area contributed by atoms with Crippen molar-refractivity contribution < 1.29 is 16.5 Å². The Morgan fingerprint density at radius 3 is 0.724 bits per heavy atom. The van der Waals surface area contributed by atoms with Crippen LogP contribution in [-0.2, 0) is 16.5 Å². The molecule has 17 rings (SSSR count). The van der Waals surface area contributed by atoms with Crippen LogP contribution in [0.15, 0.2) is 331 Å². The molecule has 8 bridgehead atoms. The van der Waals surface area contributed by atoms with E-state index < -0.39 is 0 Å². The van der Waals surface area contributed by atoms with Gasteiger partial charge in [-0.2, -0.15) is 0 Å². The Balaban J connectivity index is 0.00000847. The molecule has 498 valence electrons. The predicted octanol–water partition coefficient (Wildman–Crippen LogP) is 20.1. The number of aliphatic imine (C=N–C) groups is 8. The van der Waals surface area contributed by atoms with Crippen molar-refractivity contribution in [3.8, 4) is 45.6 Å². The fourth-order valence-corrected chi connectivity index (χ4v) is 12.2. The van der Waals surface area contributed by atoms with Crippen LogP contribution >= 0.6 is 0 Å². The Morgan fingerprint density at radius 2 is 0.448 bits per heavy atom. The van der Waals surface area contributed by atoms with Crippen LogP contribution in [0.5, 0.6) is 0 Å². The molecule has 5 heterocycles. The minimum atomic E-state index is 0. The quantitative estimate of drug-likeness (QED) is 0.0670. The van der Waals surface area contributed by atoms with Crippen molar-refractivity contribution in [1.82, 2.24) is 39.9 Å². The Labute approximate surface area is 613 Å². The average Bonchev–Trinajstić information content (AvgIpc) is 1.58. The maximum atomic E-state index is 5.59. The summed E-state index contributed by atoms with van der Waals surface area (Å²) in [6.45, 7) is 0. The first-order valence-corrected chi connectivity index (χ1v) is 33.6. The topological polar surface area (TPSA) is 204 Å². The number of rotatable bonds is 16. The molecule has 0 unspecified atom stereocenters. The molecule has 2 aliphatic rings. The third-order valence-electron chi connectivity index (χ3n) is 17.2. The smallest absolute Gasteiger partial charge is 0.357 e. The van der Waals surface area contributed by atoms with Crippen LogP contribution in [0.1, 0.15) is 44.5 Å². The van der Waals surface area contributed by atoms with Crippen LogP contribution < -0.4 is 9.97 Å². The van der Waals surface area contributed by atoms with Gasteiger partial charge in [0.1, 0.15) is 0 Å². The molecule has 16 nitrogen and oxygen atoms in total. The number of hydrogen-bond acceptors (Lipinski definition) is 14. The molecule has 0 fully saturated rings. The summed E-state index contributed by atoms with van der Waals surface area (Å²) < 4.78 is 0. The summed E-state index contributed by atoms with van der Waals surface area (Å²) in [5.74, 6) is 1.03. The maximum absolute atomic E-state index is 5.59. The maximum Gasteiger partial charge on any atom is 2.00 e. The van der Waals surface area contributed by atoms with E-state index in [0.717, 1.165) is 44.5 Å². The summed E-state index contributed by atoms with van der Waals surface area (Å²) in [5, 5.41) is 2.28. The molecule has 105 heavy (non-hydrogen) atoms. The van der Waals surface area contributed by atoms with Crippen molar-refractivity contribution in [3.05, 3.63) is 336 Å². The van der Waals surface area contributed by atoms with Gasteiger partial charge < -0.3 is 29.9 Å². The van der Waals surface area contributed by atoms with Gasteiger partial charge >= 0.3 is 16.5 Å². The zero-order valence-electron chi connectivity index (χ0n) is 55.8. The van der Waals surface area contributed by atoms with Crippen molar-refractivity contribution in [3.63, 3.8) is 0 Å². The monoisotopic (exact) mass is 1390 g/mol. The van der Waals surface area contributed by atoms with Gasteiger partial charge in [-0.3, -0.25) is 39.9 Å². The number of fused-ring (bicyclic) bond motifs is 20. The first-order valence-electron chi connectivity index (χ1n) is 33.6. The Hall–Kier alpha value is -14.1. The van der Waals surface area contributed by atoms with Gasteiger partial charge in [0.25, 0.3) is 0 Å². The summed E-state index contributed by atoms with van der Waals surface area (Å²) in [6.07, 6.45) is 14.6. The number of benzene rings is 12. The molecule has 0 radical (unpaired) electrons. The van der Waals surface area contributed by atoms with Crippen molar-refractivity contribution in [1.29, 1.82) is 0 Å². The van der Waals surface area contributed by atoms with Gasteiger partial charge in [-0.1, -0.05) is 243 Å². The number of aromatic nitrogens is 8. The first-order chi connectivity index (χ1) is 51.5. The fourth-order valence-electron chi connectivity index (χ4n) is 12.2. The van der Waals surface area contributed by atoms with Gasteiger partial charge in [0.15, 0.2) is 0 Å². The standard InChI is InChI=1S/C88H56N16.Ni/c1-9-25-57(26-10-1)49-89-65-41-69-77(73(45-65)93-53-61-33-17-5-18-34-61)85-97-81(69)101-86-78-70(42-66(90-50-58-27-11-2-12-28-58)46-74(78)94-54-62-35-19-6-20-36-62)83(98-86)103-88-80-72(44-68(92-52-60-31-15-4-16-32-60)48-76(80)96-56-64-39-23-8-24-40-64)84(100-88)104-87-79-71(82(99-87)102-85)43-67(91-51-59-29-13-3-14-30-59)47-75(79)95-55-63-37-21-7-22-38-63;/h1-56H;/q-2;+2. The zero-order valence-corrected chi connectivity index (χ0v) is 56.8. The summed E-state index contributed by atoms with van der Waals surface area (Å²) in [6, 6.07) is 94.9. The summed E-state index contributed by atoms with van der Waals surface area (Å²) in [7, 11) is 0. The van der Waals surface area contributed by atoms with E-state index in [0.29, 0.717) is 89.3 Å². The molecule has 3 aromatic heterocycles. The van der Waals surface area contributed by atoms with E-state index >= 15 is 0 Å². The molecule has 12 aromatic carbocycles. The molecule has 0 amide bonds. The Bertz CT molecular complexity index is 5800. The first kappa shape index (κ1) is 65.5. The molecular formula is C88H56N16Ni. The van der Waals surface area contributed by atoms with E-state index in [1.165, 1.54) is 0 Å². The van der Waals surface area contributed by atoms with Crippen molar-refractivity contribution >= 4 is 139 Å². The fraction of sp³-hybridized carbons (Fsp3) is 0. The van der Waals surface area contributed by atoms with E-state index in [1.54, 1.807) is 0 Å². The predicted molar refractivity (Wildman–Crippen MR) is 424 cm³/mol. The van der Waals surface area contributed by atoms with Crippen LogP contribution in [0.3, 0.4) is 0 Å². The summed E-state index contributed by atoms with van der Waals surface area (Å²) >= 11 is 0. The van der Waals surface area contributed by atoms with Crippen LogP contribution in [0, 0.1) is 0 Å². The minimum Gasteiger partial charge on any atom is -0.357 e. The molecule has 0 saturated carbocycles. The van der Waals surface area contributed by atoms with Crippen LogP contribution in [-0.4, -0.2) is 79.6 Å². The van der Waals surface area contributed by atoms with Crippen molar-refractivity contribution in [2.24, 2.45) is 39.9 Å². The average molecular weight is 1400 g/mol. The van der Waals surface area contributed by atoms with Gasteiger partial charge in [0.2, 0.25) is 0 Å². The van der Waals surface area contributed by atoms with Crippen LogP contribution in [0.4, 0.5) is 45.5 Å². The SMILES string of the molecule is C(=Nc1cc(N=Cc2ccccc2)c2c(c1)-c1nc-2nc2[n-]c(nc3nc(nc4[n-]c(n1)c1c(N=Cc5ccccc5)cc(N=Cc5ccccc5)cc41)-c1c(N=Cc4ccccc4)cc(N=Cc4ccccc4)cc1-3)c1c(N=Cc3ccccc3)cc(N=Cc3ccccc3)cc21)c1ccccc1.[Ni+2]. The minimum absolute atomic E-state index is 0. The Morgan fingerprint density at radius 1 is 0.219 bits per heavy atom. The zero-order chi connectivity index (χ0) is 69.4. The second-order valence-electron chi connectivity index (χ2n) is 24.4. The number of nitrogens with zero attached hydrogens (tertiary/aromatic N) is 16. The van der Waals surface area contributed by atoms with E-state index in [4.69, 9.17) is 79.8 Å². The van der Waals surface area contributed by atoms with E-state index in [2.05, 4.69) is 0 Å². The van der Waals surface area contributed by atoms with Crippen LogP contribution in [0.2, 0.25) is 0 Å². The van der Waals surface area contributed by atoms with Gasteiger partial charge in [-0.15, -0.1) is 0 Å². The molecule has 0 saturated heterocycles. The molecule has 0 aliphatic carbocycles. The second kappa shape index (κ2) is 30.0. The van der Waals surface area contributed by atoms with Crippen molar-refractivity contribution in [2.75, 3.05) is 0 Å². The van der Waals surface area contributed by atoms with Gasteiger partial charge in [0.05, 0.1) is 68.8 Å². The summed E-state index contributed by atoms with van der Waals surface area (Å²) in [5.41, 5.74) is 14.8. The van der Waals surface area contributed by atoms with Crippen molar-refractivity contribution in [2.45, 2.75) is 0 Å². The summed E-state index contributed by atoms with van der Waals surface area (Å²) in [4.78, 5) is 85.7. The third-order valence-corrected chi connectivity index (χ3v) is 17.2. The normalized spacial score (nSPS) is 12.2. The van der Waals surface area contributed by atoms with E-state index in [1.807, 2.05) is 341 Å². The van der Waals surface area contributed by atoms with Gasteiger partial charge in [-0.05, 0) is 104 Å². The Kier molecular flexibility index (Phi) is 18.7. The molecular weight excluding hydrogens is 1340 g/mol. The third kappa shape index (κ3) is 14.6. The molecule has 0 atom stereocenters. The second-order valence-corrected chi connectivity index (χ2v) is 24.4. The molecule has 17 heteroatoms. The molecule has 2 aliphatic heterocycles. The van der Waals surface area contributed by atoms with Gasteiger partial charge in [0, 0.05) is 105 Å². The largest absolute Gasteiger partial charge is 2.00 e. The molecule has 15 aromatic rings. The molecule has 0 spiro atoms.